The molecule has 0 heterocycles. The van der Waals surface area contributed by atoms with E-state index in [4.69, 9.17) is 18.9 Å². The highest BCUT2D eigenvalue weighted by atomic mass is 32.2. The average molecular weight is 559 g/mol. The molecule has 2 amide bonds. The third-order valence-electron chi connectivity index (χ3n) is 5.87. The maximum atomic E-state index is 12.7. The summed E-state index contributed by atoms with van der Waals surface area (Å²) in [5.41, 5.74) is 3.59. The van der Waals surface area contributed by atoms with Gasteiger partial charge in [-0.2, -0.15) is 11.8 Å². The fraction of sp³-hybridized carbons (Fsp3) is 0.429. The summed E-state index contributed by atoms with van der Waals surface area (Å²) in [4.78, 5) is 49.3. The standard InChI is InChI=1S/C28H34N2O8S/c1-28(2,3)38-27(34)30-23(25(32)36-5)16-39-15-22(24(31)35-4)29-26(33)37-14-21-19-12-8-6-10-17(19)18-11-7-9-13-20(18)21/h6-13,21-23H,14-16H2,1-5H3,(H,29,33)(H,30,34)/t22-,23+/m1/s1. The Morgan fingerprint density at radius 1 is 0.795 bits per heavy atom. The molecule has 39 heavy (non-hydrogen) atoms. The van der Waals surface area contributed by atoms with Crippen LogP contribution < -0.4 is 10.6 Å². The molecule has 11 heteroatoms. The SMILES string of the molecule is COC(=O)[C@H](CSC[C@@H](NC(=O)OCC1c2ccccc2-c2ccccc21)C(=O)OC)NC(=O)OC(C)(C)C. The van der Waals surface area contributed by atoms with E-state index in [1.165, 1.54) is 14.2 Å². The lowest BCUT2D eigenvalue weighted by Crippen LogP contribution is -2.47. The Kier molecular flexibility index (Phi) is 10.2. The number of fused-ring (bicyclic) bond motifs is 3. The predicted octanol–water partition coefficient (Wildman–Crippen LogP) is 3.87. The molecule has 2 N–H and O–H groups in total. The summed E-state index contributed by atoms with van der Waals surface area (Å²) in [6, 6.07) is 13.9. The largest absolute Gasteiger partial charge is 0.467 e. The summed E-state index contributed by atoms with van der Waals surface area (Å²) >= 11 is 1.14. The number of alkyl carbamates (subject to hydrolysis) is 2. The van der Waals surface area contributed by atoms with Gasteiger partial charge in [0.25, 0.3) is 0 Å². The maximum Gasteiger partial charge on any atom is 0.408 e. The highest BCUT2D eigenvalue weighted by Gasteiger charge is 2.31. The minimum Gasteiger partial charge on any atom is -0.467 e. The van der Waals surface area contributed by atoms with Crippen LogP contribution in [-0.2, 0) is 28.5 Å². The van der Waals surface area contributed by atoms with Crippen molar-refractivity contribution >= 4 is 35.9 Å². The van der Waals surface area contributed by atoms with E-state index in [1.807, 2.05) is 48.5 Å². The number of carbonyl (C=O) groups is 4. The number of ether oxygens (including phenoxy) is 4. The molecule has 3 rings (SSSR count). The second-order valence-electron chi connectivity index (χ2n) is 9.81. The minimum absolute atomic E-state index is 0.0559. The van der Waals surface area contributed by atoms with Crippen LogP contribution >= 0.6 is 11.8 Å². The van der Waals surface area contributed by atoms with Crippen molar-refractivity contribution in [3.63, 3.8) is 0 Å². The summed E-state index contributed by atoms with van der Waals surface area (Å²) in [5, 5.41) is 5.01. The summed E-state index contributed by atoms with van der Waals surface area (Å²) in [6.07, 6.45) is -1.55. The Morgan fingerprint density at radius 3 is 1.72 bits per heavy atom. The first-order valence-electron chi connectivity index (χ1n) is 12.4. The van der Waals surface area contributed by atoms with Gasteiger partial charge >= 0.3 is 24.1 Å². The third kappa shape index (κ3) is 8.13. The molecule has 210 valence electrons. The van der Waals surface area contributed by atoms with E-state index in [2.05, 4.69) is 10.6 Å². The molecule has 0 spiro atoms. The average Bonchev–Trinajstić information content (AvgIpc) is 3.22. The van der Waals surface area contributed by atoms with Crippen molar-refractivity contribution in [3.8, 4) is 11.1 Å². The molecule has 2 atom stereocenters. The number of esters is 2. The summed E-state index contributed by atoms with van der Waals surface area (Å²) in [5.74, 6) is -1.36. The number of methoxy groups -OCH3 is 2. The Labute approximate surface area is 232 Å². The van der Waals surface area contributed by atoms with Gasteiger partial charge in [0.2, 0.25) is 0 Å². The first-order valence-corrected chi connectivity index (χ1v) is 13.5. The van der Waals surface area contributed by atoms with Crippen molar-refractivity contribution in [1.29, 1.82) is 0 Å². The molecule has 0 radical (unpaired) electrons. The number of amides is 2. The van der Waals surface area contributed by atoms with Gasteiger partial charge in [0.05, 0.1) is 14.2 Å². The third-order valence-corrected chi connectivity index (χ3v) is 7.01. The number of thioether (sulfide) groups is 1. The van der Waals surface area contributed by atoms with Crippen LogP contribution in [0, 0.1) is 0 Å². The molecule has 0 fully saturated rings. The highest BCUT2D eigenvalue weighted by molar-refractivity contribution is 7.99. The minimum atomic E-state index is -1.05. The number of benzene rings is 2. The van der Waals surface area contributed by atoms with Crippen LogP contribution in [0.1, 0.15) is 37.8 Å². The van der Waals surface area contributed by atoms with Gasteiger partial charge in [-0.1, -0.05) is 48.5 Å². The van der Waals surface area contributed by atoms with E-state index in [0.717, 1.165) is 34.0 Å². The monoisotopic (exact) mass is 558 g/mol. The van der Waals surface area contributed by atoms with Gasteiger partial charge in [-0.15, -0.1) is 0 Å². The predicted molar refractivity (Wildman–Crippen MR) is 147 cm³/mol. The van der Waals surface area contributed by atoms with Gasteiger partial charge in [0, 0.05) is 17.4 Å². The summed E-state index contributed by atoms with van der Waals surface area (Å²) in [7, 11) is 2.41. The van der Waals surface area contributed by atoms with E-state index in [9.17, 15) is 19.2 Å². The Hall–Kier alpha value is -3.73. The van der Waals surface area contributed by atoms with E-state index < -0.39 is 41.8 Å². The number of nitrogens with one attached hydrogen (secondary N) is 2. The van der Waals surface area contributed by atoms with Crippen molar-refractivity contribution in [2.75, 3.05) is 32.3 Å². The molecule has 0 saturated heterocycles. The molecular formula is C28H34N2O8S. The summed E-state index contributed by atoms with van der Waals surface area (Å²) < 4.78 is 20.3. The van der Waals surface area contributed by atoms with Crippen molar-refractivity contribution in [1.82, 2.24) is 10.6 Å². The van der Waals surface area contributed by atoms with Gasteiger partial charge < -0.3 is 29.6 Å². The van der Waals surface area contributed by atoms with Crippen LogP contribution in [0.4, 0.5) is 9.59 Å². The van der Waals surface area contributed by atoms with Crippen LogP contribution in [0.15, 0.2) is 48.5 Å². The molecule has 0 aromatic heterocycles. The second-order valence-corrected chi connectivity index (χ2v) is 10.9. The highest BCUT2D eigenvalue weighted by Crippen LogP contribution is 2.44. The Morgan fingerprint density at radius 2 is 1.26 bits per heavy atom. The topological polar surface area (TPSA) is 129 Å². The number of hydrogen-bond acceptors (Lipinski definition) is 9. The van der Waals surface area contributed by atoms with Gasteiger partial charge in [0.1, 0.15) is 24.3 Å². The second kappa shape index (κ2) is 13.4. The molecular weight excluding hydrogens is 524 g/mol. The lowest BCUT2D eigenvalue weighted by atomic mass is 9.98. The number of hydrogen-bond donors (Lipinski definition) is 2. The summed E-state index contributed by atoms with van der Waals surface area (Å²) in [6.45, 7) is 5.18. The van der Waals surface area contributed by atoms with E-state index in [-0.39, 0.29) is 24.0 Å². The molecule has 1 aliphatic rings. The van der Waals surface area contributed by atoms with Crippen LogP contribution in [0.2, 0.25) is 0 Å². The fourth-order valence-electron chi connectivity index (χ4n) is 4.16. The van der Waals surface area contributed by atoms with Gasteiger partial charge in [-0.05, 0) is 43.0 Å². The zero-order valence-corrected chi connectivity index (χ0v) is 23.5. The van der Waals surface area contributed by atoms with Crippen molar-refractivity contribution < 1.29 is 38.1 Å². The number of rotatable bonds is 10. The van der Waals surface area contributed by atoms with Crippen molar-refractivity contribution in [3.05, 3.63) is 59.7 Å². The first kappa shape index (κ1) is 29.8. The zero-order valence-electron chi connectivity index (χ0n) is 22.6. The normalized spacial score (nSPS) is 13.8. The first-order chi connectivity index (χ1) is 18.5. The fourth-order valence-corrected chi connectivity index (χ4v) is 5.20. The molecule has 10 nitrogen and oxygen atoms in total. The molecule has 0 bridgehead atoms. The van der Waals surface area contributed by atoms with Gasteiger partial charge in [-0.3, -0.25) is 0 Å². The molecule has 2 aromatic rings. The molecule has 2 aromatic carbocycles. The van der Waals surface area contributed by atoms with Crippen molar-refractivity contribution in [2.24, 2.45) is 0 Å². The lowest BCUT2D eigenvalue weighted by molar-refractivity contribution is -0.143. The number of carbonyl (C=O) groups excluding carboxylic acids is 4. The van der Waals surface area contributed by atoms with E-state index in [0.29, 0.717) is 0 Å². The Balaban J connectivity index is 1.57. The van der Waals surface area contributed by atoms with Crippen LogP contribution in [-0.4, -0.2) is 74.1 Å². The smallest absolute Gasteiger partial charge is 0.408 e. The molecule has 0 aliphatic heterocycles. The lowest BCUT2D eigenvalue weighted by Gasteiger charge is -2.23. The van der Waals surface area contributed by atoms with E-state index >= 15 is 0 Å². The Bertz CT molecular complexity index is 1150. The quantitative estimate of drug-likeness (QED) is 0.330. The molecule has 0 saturated carbocycles. The van der Waals surface area contributed by atoms with Crippen LogP contribution in [0.5, 0.6) is 0 Å². The van der Waals surface area contributed by atoms with Crippen LogP contribution in [0.3, 0.4) is 0 Å². The van der Waals surface area contributed by atoms with Gasteiger partial charge in [-0.25, -0.2) is 19.2 Å². The maximum absolute atomic E-state index is 12.7. The van der Waals surface area contributed by atoms with E-state index in [1.54, 1.807) is 20.8 Å². The van der Waals surface area contributed by atoms with Gasteiger partial charge in [0.15, 0.2) is 0 Å². The zero-order chi connectivity index (χ0) is 28.6. The van der Waals surface area contributed by atoms with Crippen LogP contribution in [0.25, 0.3) is 11.1 Å². The molecule has 1 aliphatic carbocycles. The molecule has 0 unspecified atom stereocenters. The van der Waals surface area contributed by atoms with Crippen molar-refractivity contribution in [2.45, 2.75) is 44.4 Å².